The molecule has 2 saturated heterocycles. The van der Waals surface area contributed by atoms with Crippen LogP contribution in [0.2, 0.25) is 5.02 Å². The van der Waals surface area contributed by atoms with Crippen molar-refractivity contribution in [2.75, 3.05) is 51.2 Å². The van der Waals surface area contributed by atoms with E-state index in [-0.39, 0.29) is 31.0 Å². The molecule has 220 valence electrons. The molecule has 2 aromatic rings. The zero-order valence-electron chi connectivity index (χ0n) is 23.2. The summed E-state index contributed by atoms with van der Waals surface area (Å²) in [7, 11) is 2.08. The fraction of sp³-hybridized carbons (Fsp3) is 0.667. The quantitative estimate of drug-likeness (QED) is 0.406. The van der Waals surface area contributed by atoms with Crippen LogP contribution in [-0.4, -0.2) is 95.9 Å². The molecule has 0 atom stereocenters. The monoisotopic (exact) mass is 645 g/mol. The molecule has 1 aliphatic carbocycles. The van der Waals surface area contributed by atoms with E-state index in [4.69, 9.17) is 35.8 Å². The zero-order chi connectivity index (χ0) is 28.8. The Morgan fingerprint density at radius 3 is 2.30 bits per heavy atom. The lowest BCUT2D eigenvalue weighted by Gasteiger charge is -2.37. The highest BCUT2D eigenvalue weighted by atomic mass is 79.9. The molecular formula is C27H35BrClF2N5O4. The second-order valence-corrected chi connectivity index (χ2v) is 13.0. The van der Waals surface area contributed by atoms with E-state index < -0.39 is 17.6 Å². The van der Waals surface area contributed by atoms with Crippen LogP contribution in [0.1, 0.15) is 46.5 Å². The molecule has 0 unspecified atom stereocenters. The van der Waals surface area contributed by atoms with E-state index in [1.54, 1.807) is 11.0 Å². The highest BCUT2D eigenvalue weighted by molar-refractivity contribution is 9.10. The summed E-state index contributed by atoms with van der Waals surface area (Å²) in [6.45, 7) is 9.21. The van der Waals surface area contributed by atoms with E-state index in [2.05, 4.69) is 32.8 Å². The van der Waals surface area contributed by atoms with Crippen LogP contribution in [0.5, 0.6) is 11.8 Å². The van der Waals surface area contributed by atoms with Crippen molar-refractivity contribution in [2.24, 2.45) is 0 Å². The van der Waals surface area contributed by atoms with Crippen molar-refractivity contribution in [2.45, 2.75) is 70.2 Å². The number of halogens is 4. The van der Waals surface area contributed by atoms with Gasteiger partial charge in [0.15, 0.2) is 5.75 Å². The number of piperazine rings is 1. The minimum atomic E-state index is -2.73. The Bertz CT molecular complexity index is 1260. The maximum Gasteiger partial charge on any atom is 0.410 e. The average Bonchev–Trinajstić information content (AvgIpc) is 2.86. The molecule has 1 saturated carbocycles. The number of benzene rings is 1. The Hall–Kier alpha value is -2.18. The standard InChI is InChI=1S/C27H35BrClF2N5O4/c1-26(2,3)40-25(37)36-11-9-35(10-12-36)23-18-13-19(29)20(28)22(38-17-14-27(30,31)15-17)21(18)32-24(33-23)39-16-5-7-34(4)8-6-16/h13,16-17H,5-12,14-15H2,1-4H3. The number of alkyl halides is 2. The smallest absolute Gasteiger partial charge is 0.410 e. The van der Waals surface area contributed by atoms with Gasteiger partial charge in [-0.3, -0.25) is 0 Å². The van der Waals surface area contributed by atoms with Gasteiger partial charge in [-0.05, 0) is 62.7 Å². The van der Waals surface area contributed by atoms with Crippen LogP contribution >= 0.6 is 27.5 Å². The van der Waals surface area contributed by atoms with Crippen LogP contribution in [0, 0.1) is 0 Å². The number of hydrogen-bond acceptors (Lipinski definition) is 8. The van der Waals surface area contributed by atoms with Gasteiger partial charge in [-0.25, -0.2) is 13.6 Å². The Morgan fingerprint density at radius 2 is 1.70 bits per heavy atom. The molecule has 0 bridgehead atoms. The summed E-state index contributed by atoms with van der Waals surface area (Å²) in [5, 5.41) is 0.977. The van der Waals surface area contributed by atoms with Gasteiger partial charge in [0, 0.05) is 57.5 Å². The fourth-order valence-corrected chi connectivity index (χ4v) is 5.67. The van der Waals surface area contributed by atoms with Crippen molar-refractivity contribution in [1.29, 1.82) is 0 Å². The number of rotatable bonds is 5. The number of nitrogens with zero attached hydrogens (tertiary/aromatic N) is 5. The van der Waals surface area contributed by atoms with Gasteiger partial charge in [-0.15, -0.1) is 0 Å². The second kappa shape index (κ2) is 11.2. The number of hydrogen-bond donors (Lipinski definition) is 0. The molecule has 9 nitrogen and oxygen atoms in total. The zero-order valence-corrected chi connectivity index (χ0v) is 25.5. The van der Waals surface area contributed by atoms with Crippen LogP contribution in [-0.2, 0) is 4.74 Å². The van der Waals surface area contributed by atoms with Gasteiger partial charge < -0.3 is 28.9 Å². The number of ether oxygens (including phenoxy) is 3. The minimum absolute atomic E-state index is 0.0454. The molecule has 3 fully saturated rings. The molecular weight excluding hydrogens is 612 g/mol. The molecule has 1 amide bonds. The van der Waals surface area contributed by atoms with Gasteiger partial charge in [0.1, 0.15) is 29.1 Å². The Labute approximate surface area is 246 Å². The van der Waals surface area contributed by atoms with Crippen LogP contribution in [0.15, 0.2) is 10.5 Å². The molecule has 3 heterocycles. The topological polar surface area (TPSA) is 80.3 Å². The summed E-state index contributed by atoms with van der Waals surface area (Å²) in [5.41, 5.74) is -0.142. The van der Waals surface area contributed by atoms with E-state index in [9.17, 15) is 13.6 Å². The third kappa shape index (κ3) is 6.65. The summed E-state index contributed by atoms with van der Waals surface area (Å²) < 4.78 is 45.5. The van der Waals surface area contributed by atoms with Crippen molar-refractivity contribution >= 4 is 50.3 Å². The third-order valence-corrected chi connectivity index (χ3v) is 8.62. The summed E-state index contributed by atoms with van der Waals surface area (Å²) in [6.07, 6.45) is -0.100. The number of piperidine rings is 1. The number of carbonyl (C=O) groups excluding carboxylic acids is 1. The number of fused-ring (bicyclic) bond motifs is 1. The van der Waals surface area contributed by atoms with Crippen molar-refractivity contribution in [3.8, 4) is 11.8 Å². The first-order chi connectivity index (χ1) is 18.8. The van der Waals surface area contributed by atoms with E-state index >= 15 is 0 Å². The SMILES string of the molecule is CN1CCC(Oc2nc(N3CCN(C(=O)OC(C)(C)C)CC3)c3cc(Cl)c(Br)c(OC4CC(F)(F)C4)c3n2)CC1. The Balaban J connectivity index is 1.47. The fourth-order valence-electron chi connectivity index (χ4n) is 5.08. The van der Waals surface area contributed by atoms with Gasteiger partial charge in [-0.1, -0.05) is 11.6 Å². The van der Waals surface area contributed by atoms with Crippen LogP contribution in [0.4, 0.5) is 19.4 Å². The van der Waals surface area contributed by atoms with Gasteiger partial charge >= 0.3 is 12.1 Å². The number of aromatic nitrogens is 2. The van der Waals surface area contributed by atoms with Crippen LogP contribution < -0.4 is 14.4 Å². The Kier molecular flexibility index (Phi) is 8.24. The van der Waals surface area contributed by atoms with Gasteiger partial charge in [0.05, 0.1) is 9.50 Å². The lowest BCUT2D eigenvalue weighted by Crippen LogP contribution is -2.50. The molecule has 40 heavy (non-hydrogen) atoms. The van der Waals surface area contributed by atoms with Gasteiger partial charge in [0.25, 0.3) is 5.92 Å². The highest BCUT2D eigenvalue weighted by Gasteiger charge is 2.47. The lowest BCUT2D eigenvalue weighted by atomic mass is 9.91. The van der Waals surface area contributed by atoms with Gasteiger partial charge in [-0.2, -0.15) is 9.97 Å². The predicted molar refractivity (Wildman–Crippen MR) is 152 cm³/mol. The maximum absolute atomic E-state index is 13.6. The summed E-state index contributed by atoms with van der Waals surface area (Å²) in [4.78, 5) is 28.1. The molecule has 3 aliphatic rings. The second-order valence-electron chi connectivity index (χ2n) is 11.8. The van der Waals surface area contributed by atoms with E-state index in [0.29, 0.717) is 58.1 Å². The third-order valence-electron chi connectivity index (χ3n) is 7.31. The number of amides is 1. The first kappa shape index (κ1) is 29.3. The number of likely N-dealkylation sites (tertiary alicyclic amines) is 1. The molecule has 5 rings (SSSR count). The first-order valence-corrected chi connectivity index (χ1v) is 14.8. The van der Waals surface area contributed by atoms with Gasteiger partial charge in [0.2, 0.25) is 0 Å². The molecule has 1 aromatic heterocycles. The van der Waals surface area contributed by atoms with E-state index in [1.807, 2.05) is 20.8 Å². The van der Waals surface area contributed by atoms with E-state index in [0.717, 1.165) is 25.9 Å². The first-order valence-electron chi connectivity index (χ1n) is 13.6. The van der Waals surface area contributed by atoms with Crippen molar-refractivity contribution in [3.63, 3.8) is 0 Å². The predicted octanol–water partition coefficient (Wildman–Crippen LogP) is 5.75. The van der Waals surface area contributed by atoms with Crippen molar-refractivity contribution in [1.82, 2.24) is 19.8 Å². The molecule has 1 aromatic carbocycles. The highest BCUT2D eigenvalue weighted by Crippen LogP contribution is 2.46. The molecule has 0 N–H and O–H groups in total. The summed E-state index contributed by atoms with van der Waals surface area (Å²) in [6, 6.07) is 1.95. The Morgan fingerprint density at radius 1 is 1.05 bits per heavy atom. The lowest BCUT2D eigenvalue weighted by molar-refractivity contribution is -0.134. The maximum atomic E-state index is 13.6. The van der Waals surface area contributed by atoms with Crippen LogP contribution in [0.3, 0.4) is 0 Å². The minimum Gasteiger partial charge on any atom is -0.486 e. The normalized spacial score (nSPS) is 20.9. The van der Waals surface area contributed by atoms with E-state index in [1.165, 1.54) is 0 Å². The van der Waals surface area contributed by atoms with Crippen molar-refractivity contribution in [3.05, 3.63) is 15.6 Å². The molecule has 13 heteroatoms. The summed E-state index contributed by atoms with van der Waals surface area (Å²) in [5.74, 6) is -1.84. The molecule has 0 spiro atoms. The number of carbonyl (C=O) groups is 1. The van der Waals surface area contributed by atoms with Crippen LogP contribution in [0.25, 0.3) is 10.9 Å². The molecule has 2 aliphatic heterocycles. The van der Waals surface area contributed by atoms with Crippen molar-refractivity contribution < 1.29 is 27.8 Å². The summed E-state index contributed by atoms with van der Waals surface area (Å²) >= 11 is 10.1. The molecule has 0 radical (unpaired) electrons. The average molecular weight is 647 g/mol. The largest absolute Gasteiger partial charge is 0.486 e. The number of anilines is 1.